The van der Waals surface area contributed by atoms with Gasteiger partial charge in [0.15, 0.2) is 11.5 Å². The van der Waals surface area contributed by atoms with Crippen LogP contribution in [0.2, 0.25) is 0 Å². The highest BCUT2D eigenvalue weighted by molar-refractivity contribution is 6.00. The number of carbonyl (C=O) groups is 1. The van der Waals surface area contributed by atoms with Crippen LogP contribution in [-0.4, -0.2) is 32.4 Å². The minimum atomic E-state index is -0.556. The third kappa shape index (κ3) is 2.81. The first-order valence-corrected chi connectivity index (χ1v) is 8.08. The molecule has 3 aromatic rings. The van der Waals surface area contributed by atoms with Crippen molar-refractivity contribution in [3.63, 3.8) is 0 Å². The molecule has 10 nitrogen and oxygen atoms in total. The van der Waals surface area contributed by atoms with Crippen LogP contribution in [0.4, 0.5) is 16.2 Å². The minimum absolute atomic E-state index is 0.117. The zero-order valence-corrected chi connectivity index (χ0v) is 13.9. The summed E-state index contributed by atoms with van der Waals surface area (Å²) in [6.45, 7) is 2.11. The van der Waals surface area contributed by atoms with Gasteiger partial charge in [-0.05, 0) is 18.6 Å². The molecule has 3 heterocycles. The highest BCUT2D eigenvalue weighted by Crippen LogP contribution is 2.34. The number of aromatic nitrogens is 4. The van der Waals surface area contributed by atoms with Gasteiger partial charge in [0, 0.05) is 11.8 Å². The summed E-state index contributed by atoms with van der Waals surface area (Å²) in [4.78, 5) is 33.3. The summed E-state index contributed by atoms with van der Waals surface area (Å²) >= 11 is 0. The van der Waals surface area contributed by atoms with E-state index in [-0.39, 0.29) is 18.3 Å². The van der Waals surface area contributed by atoms with Crippen molar-refractivity contribution in [3.05, 3.63) is 40.6 Å². The van der Waals surface area contributed by atoms with Gasteiger partial charge in [-0.15, -0.1) is 0 Å². The molecular formula is C16H16N6O4. The molecule has 0 bridgehead atoms. The van der Waals surface area contributed by atoms with Gasteiger partial charge in [0.05, 0.1) is 5.69 Å². The first kappa shape index (κ1) is 15.9. The maximum absolute atomic E-state index is 12.6. The van der Waals surface area contributed by atoms with Crippen LogP contribution in [0.3, 0.4) is 0 Å². The highest BCUT2D eigenvalue weighted by Gasteiger charge is 2.18. The van der Waals surface area contributed by atoms with Gasteiger partial charge in [0.25, 0.3) is 11.3 Å². The van der Waals surface area contributed by atoms with Gasteiger partial charge in [0.1, 0.15) is 12.0 Å². The lowest BCUT2D eigenvalue weighted by atomic mass is 10.2. The second-order valence-electron chi connectivity index (χ2n) is 5.66. The van der Waals surface area contributed by atoms with Crippen LogP contribution in [0.25, 0.3) is 5.78 Å². The lowest BCUT2D eigenvalue weighted by Gasteiger charge is -2.11. The van der Waals surface area contributed by atoms with Crippen molar-refractivity contribution in [2.75, 3.05) is 17.4 Å². The molecule has 1 aliphatic rings. The predicted octanol–water partition coefficient (Wildman–Crippen LogP) is 1.74. The molecule has 4 rings (SSSR count). The quantitative estimate of drug-likeness (QED) is 0.654. The van der Waals surface area contributed by atoms with E-state index in [1.807, 2.05) is 6.92 Å². The SMILES string of the molecule is CCCc1nc2nc[nH]n2c(=O)c1NC(=O)Nc1ccc2c(c1)OCO2. The van der Waals surface area contributed by atoms with Crippen LogP contribution in [0, 0.1) is 0 Å². The maximum atomic E-state index is 12.6. The van der Waals surface area contributed by atoms with Crippen LogP contribution in [0.1, 0.15) is 19.0 Å². The lowest BCUT2D eigenvalue weighted by Crippen LogP contribution is -2.28. The van der Waals surface area contributed by atoms with Gasteiger partial charge in [-0.25, -0.2) is 14.8 Å². The summed E-state index contributed by atoms with van der Waals surface area (Å²) in [5, 5.41) is 7.94. The summed E-state index contributed by atoms with van der Waals surface area (Å²) in [6.07, 6.45) is 2.68. The van der Waals surface area contributed by atoms with Crippen LogP contribution < -0.4 is 25.7 Å². The number of carbonyl (C=O) groups excluding carboxylic acids is 1. The van der Waals surface area contributed by atoms with Crippen molar-refractivity contribution in [2.24, 2.45) is 0 Å². The summed E-state index contributed by atoms with van der Waals surface area (Å²) < 4.78 is 11.7. The monoisotopic (exact) mass is 356 g/mol. The number of aromatic amines is 1. The molecule has 0 atom stereocenters. The minimum Gasteiger partial charge on any atom is -0.454 e. The Bertz CT molecular complexity index is 1040. The molecule has 26 heavy (non-hydrogen) atoms. The largest absolute Gasteiger partial charge is 0.454 e. The molecule has 2 aromatic heterocycles. The number of fused-ring (bicyclic) bond motifs is 2. The van der Waals surface area contributed by atoms with Crippen LogP contribution >= 0.6 is 0 Å². The van der Waals surface area contributed by atoms with E-state index in [4.69, 9.17) is 9.47 Å². The first-order chi connectivity index (χ1) is 12.7. The molecule has 0 saturated heterocycles. The molecule has 1 aromatic carbocycles. The van der Waals surface area contributed by atoms with Crippen molar-refractivity contribution in [3.8, 4) is 11.5 Å². The number of hydrogen-bond acceptors (Lipinski definition) is 6. The Labute approximate surface area is 147 Å². The van der Waals surface area contributed by atoms with E-state index in [9.17, 15) is 9.59 Å². The fraction of sp³-hybridized carbons (Fsp3) is 0.250. The second kappa shape index (κ2) is 6.39. The Morgan fingerprint density at radius 3 is 3.00 bits per heavy atom. The molecule has 0 saturated carbocycles. The Morgan fingerprint density at radius 2 is 2.15 bits per heavy atom. The van der Waals surface area contributed by atoms with Crippen molar-refractivity contribution >= 4 is 23.2 Å². The Balaban J connectivity index is 1.60. The van der Waals surface area contributed by atoms with Gasteiger partial charge < -0.3 is 20.1 Å². The Morgan fingerprint density at radius 1 is 1.31 bits per heavy atom. The van der Waals surface area contributed by atoms with E-state index in [1.54, 1.807) is 18.2 Å². The Kier molecular flexibility index (Phi) is 3.92. The summed E-state index contributed by atoms with van der Waals surface area (Å²) in [7, 11) is 0. The lowest BCUT2D eigenvalue weighted by molar-refractivity contribution is 0.174. The maximum Gasteiger partial charge on any atom is 0.323 e. The molecule has 3 N–H and O–H groups in total. The number of nitrogens with zero attached hydrogens (tertiary/aromatic N) is 3. The van der Waals surface area contributed by atoms with Crippen molar-refractivity contribution in [1.82, 2.24) is 19.6 Å². The van der Waals surface area contributed by atoms with E-state index < -0.39 is 11.6 Å². The molecule has 0 aliphatic carbocycles. The van der Waals surface area contributed by atoms with E-state index >= 15 is 0 Å². The predicted molar refractivity (Wildman–Crippen MR) is 92.8 cm³/mol. The number of aryl methyl sites for hydroxylation is 1. The van der Waals surface area contributed by atoms with Gasteiger partial charge in [-0.3, -0.25) is 9.89 Å². The third-order valence-electron chi connectivity index (χ3n) is 3.86. The molecule has 0 radical (unpaired) electrons. The van der Waals surface area contributed by atoms with E-state index in [2.05, 4.69) is 25.7 Å². The van der Waals surface area contributed by atoms with Crippen molar-refractivity contribution in [2.45, 2.75) is 19.8 Å². The number of H-pyrrole nitrogens is 1. The molecular weight excluding hydrogens is 340 g/mol. The summed E-state index contributed by atoms with van der Waals surface area (Å²) in [5.41, 5.74) is 0.702. The molecule has 2 amide bonds. The van der Waals surface area contributed by atoms with Crippen molar-refractivity contribution in [1.29, 1.82) is 0 Å². The average molecular weight is 356 g/mol. The molecule has 0 fully saturated rings. The normalized spacial score (nSPS) is 12.3. The number of rotatable bonds is 4. The fourth-order valence-corrected chi connectivity index (χ4v) is 2.69. The number of anilines is 2. The first-order valence-electron chi connectivity index (χ1n) is 8.08. The number of benzene rings is 1. The third-order valence-corrected chi connectivity index (χ3v) is 3.86. The van der Waals surface area contributed by atoms with E-state index in [0.717, 1.165) is 6.42 Å². The van der Waals surface area contributed by atoms with Crippen molar-refractivity contribution < 1.29 is 14.3 Å². The number of nitrogens with one attached hydrogen (secondary N) is 3. The summed E-state index contributed by atoms with van der Waals surface area (Å²) in [5.74, 6) is 1.43. The average Bonchev–Trinajstić information content (AvgIpc) is 3.27. The zero-order valence-electron chi connectivity index (χ0n) is 13.9. The van der Waals surface area contributed by atoms with Gasteiger partial charge >= 0.3 is 6.03 Å². The molecule has 10 heteroatoms. The van der Waals surface area contributed by atoms with E-state index in [1.165, 1.54) is 10.8 Å². The fourth-order valence-electron chi connectivity index (χ4n) is 2.69. The van der Waals surface area contributed by atoms with Crippen LogP contribution in [-0.2, 0) is 6.42 Å². The molecule has 1 aliphatic heterocycles. The molecule has 0 unspecified atom stereocenters. The van der Waals surface area contributed by atoms with Crippen LogP contribution in [0.15, 0.2) is 29.3 Å². The molecule has 134 valence electrons. The number of ether oxygens (including phenoxy) is 2. The number of urea groups is 1. The van der Waals surface area contributed by atoms with Gasteiger partial charge in [-0.1, -0.05) is 13.3 Å². The van der Waals surface area contributed by atoms with Gasteiger partial charge in [0.2, 0.25) is 6.79 Å². The Hall–Kier alpha value is -3.56. The summed E-state index contributed by atoms with van der Waals surface area (Å²) in [6, 6.07) is 4.48. The highest BCUT2D eigenvalue weighted by atomic mass is 16.7. The smallest absolute Gasteiger partial charge is 0.323 e. The van der Waals surface area contributed by atoms with Gasteiger partial charge in [-0.2, -0.15) is 4.52 Å². The van der Waals surface area contributed by atoms with Crippen LogP contribution in [0.5, 0.6) is 11.5 Å². The molecule has 0 spiro atoms. The zero-order chi connectivity index (χ0) is 18.1. The van der Waals surface area contributed by atoms with E-state index in [0.29, 0.717) is 29.3 Å². The number of hydrogen-bond donors (Lipinski definition) is 3. The second-order valence-corrected chi connectivity index (χ2v) is 5.66. The standard InChI is InChI=1S/C16H16N6O4/c1-2-3-10-13(14(23)22-15(20-10)17-7-18-22)21-16(24)19-9-4-5-11-12(6-9)26-8-25-11/h4-7H,2-3,8H2,1H3,(H,17,18,20)(H2,19,21,24). The number of amides is 2. The topological polar surface area (TPSA) is 123 Å².